The van der Waals surface area contributed by atoms with Crippen LogP contribution in [0.15, 0.2) is 0 Å². The monoisotopic (exact) mass is 390 g/mol. The van der Waals surface area contributed by atoms with E-state index in [1.807, 2.05) is 0 Å². The molecule has 0 rings (SSSR count). The average Bonchev–Trinajstić information content (AvgIpc) is 2.14. The summed E-state index contributed by atoms with van der Waals surface area (Å²) in [5, 5.41) is 22.1. The second-order valence-electron chi connectivity index (χ2n) is 2.41. The zero-order chi connectivity index (χ0) is 18.2. The predicted octanol–water partition coefficient (Wildman–Crippen LogP) is 2.71. The first-order valence-electron chi connectivity index (χ1n) is 3.73. The van der Waals surface area contributed by atoms with Crippen LogP contribution in [0.25, 0.3) is 0 Å². The van der Waals surface area contributed by atoms with Gasteiger partial charge in [0.2, 0.25) is 0 Å². The average molecular weight is 391 g/mol. The molecule has 0 bridgehead atoms. The first-order chi connectivity index (χ1) is 8.83. The molecule has 0 fully saturated rings. The smallest absolute Gasteiger partial charge is 0.478 e. The molecule has 0 aromatic rings. The van der Waals surface area contributed by atoms with Crippen LogP contribution in [0, 0.1) is 0 Å². The molecular weight excluding hydrogens is 388 g/mol. The van der Waals surface area contributed by atoms with Gasteiger partial charge in [0, 0.05) is 0 Å². The van der Waals surface area contributed by atoms with Gasteiger partial charge in [-0.25, -0.2) is 14.4 Å². The zero-order valence-corrected chi connectivity index (χ0v) is 11.2. The Morgan fingerprint density at radius 3 is 0.714 bits per heavy atom. The van der Waals surface area contributed by atoms with Gasteiger partial charge in [-0.1, -0.05) is 34.8 Å². The van der Waals surface area contributed by atoms with Crippen molar-refractivity contribution in [1.82, 2.24) is 0 Å². The Morgan fingerprint density at radius 1 is 0.619 bits per heavy atom. The third-order valence-electron chi connectivity index (χ3n) is 0.728. The molecule has 15 heteroatoms. The minimum absolute atomic E-state index is 1.46. The lowest BCUT2D eigenvalue weighted by molar-refractivity contribution is -0.193. The number of halogens is 9. The van der Waals surface area contributed by atoms with Gasteiger partial charge in [-0.05, 0) is 0 Å². The van der Waals surface area contributed by atoms with Gasteiger partial charge >= 0.3 is 30.3 Å². The van der Waals surface area contributed by atoms with Crippen molar-refractivity contribution in [1.29, 1.82) is 0 Å². The van der Waals surface area contributed by atoms with E-state index >= 15 is 0 Å². The SMILES string of the molecule is O=C(O)C(Cl)(Cl)Cl.O=C(O)C(F)(F)F.O=C(O)C(F)(F)F. The molecule has 0 atom stereocenters. The van der Waals surface area contributed by atoms with Gasteiger partial charge in [0.05, 0.1) is 0 Å². The minimum atomic E-state index is -5.08. The van der Waals surface area contributed by atoms with Gasteiger partial charge in [-0.3, -0.25) is 0 Å². The first kappa shape index (κ1) is 24.9. The van der Waals surface area contributed by atoms with E-state index < -0.39 is 34.1 Å². The fourth-order valence-electron chi connectivity index (χ4n) is 0. The number of alkyl halides is 9. The van der Waals surface area contributed by atoms with E-state index in [0.29, 0.717) is 0 Å². The summed E-state index contributed by atoms with van der Waals surface area (Å²) in [6, 6.07) is 0. The third kappa shape index (κ3) is 18.9. The predicted molar refractivity (Wildman–Crippen MR) is 55.3 cm³/mol. The van der Waals surface area contributed by atoms with Crippen molar-refractivity contribution in [3.63, 3.8) is 0 Å². The Hall–Kier alpha value is -1.14. The topological polar surface area (TPSA) is 112 Å². The maximum Gasteiger partial charge on any atom is 0.490 e. The summed E-state index contributed by atoms with van der Waals surface area (Å²) in [6.45, 7) is 0. The molecule has 3 N–H and O–H groups in total. The highest BCUT2D eigenvalue weighted by Crippen LogP contribution is 2.25. The second kappa shape index (κ2) is 9.00. The second-order valence-corrected chi connectivity index (χ2v) is 4.69. The van der Waals surface area contributed by atoms with E-state index in [1.165, 1.54) is 0 Å². The van der Waals surface area contributed by atoms with E-state index in [2.05, 4.69) is 0 Å². The van der Waals surface area contributed by atoms with Crippen molar-refractivity contribution < 1.29 is 56.0 Å². The fourth-order valence-corrected chi connectivity index (χ4v) is 0. The lowest BCUT2D eigenvalue weighted by atomic mass is 10.7. The number of carboxylic acid groups (broad SMARTS) is 3. The minimum Gasteiger partial charge on any atom is -0.478 e. The van der Waals surface area contributed by atoms with E-state index in [9.17, 15) is 31.1 Å². The highest BCUT2D eigenvalue weighted by atomic mass is 35.6. The summed E-state index contributed by atoms with van der Waals surface area (Å²) in [4.78, 5) is 27.4. The van der Waals surface area contributed by atoms with Crippen LogP contribution in [-0.4, -0.2) is 49.4 Å². The number of carboxylic acids is 3. The van der Waals surface area contributed by atoms with Gasteiger partial charge in [-0.15, -0.1) is 0 Å². The number of hydrogen-bond acceptors (Lipinski definition) is 3. The number of aliphatic carboxylic acids is 3. The van der Waals surface area contributed by atoms with Crippen molar-refractivity contribution in [3.8, 4) is 0 Å². The molecule has 0 radical (unpaired) electrons. The van der Waals surface area contributed by atoms with E-state index in [1.54, 1.807) is 0 Å². The molecular formula is C6H3Cl3F6O6. The fraction of sp³-hybridized carbons (Fsp3) is 0.500. The van der Waals surface area contributed by atoms with Crippen LogP contribution in [0.1, 0.15) is 0 Å². The van der Waals surface area contributed by atoms with Gasteiger partial charge in [0.1, 0.15) is 0 Å². The molecule has 0 saturated carbocycles. The van der Waals surface area contributed by atoms with Crippen LogP contribution in [0.4, 0.5) is 26.3 Å². The summed E-state index contributed by atoms with van der Waals surface area (Å²) in [6.07, 6.45) is -10.2. The Morgan fingerprint density at radius 2 is 0.714 bits per heavy atom. The lowest BCUT2D eigenvalue weighted by Crippen LogP contribution is -2.21. The molecule has 0 spiro atoms. The summed E-state index contributed by atoms with van der Waals surface area (Å²) in [5.74, 6) is -6.97. The summed E-state index contributed by atoms with van der Waals surface area (Å²) in [7, 11) is 0. The normalized spacial score (nSPS) is 11.3. The van der Waals surface area contributed by atoms with Crippen LogP contribution < -0.4 is 0 Å². The van der Waals surface area contributed by atoms with Crippen LogP contribution in [0.5, 0.6) is 0 Å². The van der Waals surface area contributed by atoms with Crippen molar-refractivity contribution in [2.45, 2.75) is 16.1 Å². The van der Waals surface area contributed by atoms with E-state index in [4.69, 9.17) is 59.7 Å². The molecule has 126 valence electrons. The molecule has 6 nitrogen and oxygen atoms in total. The Balaban J connectivity index is -0.000000231. The number of rotatable bonds is 0. The summed E-state index contributed by atoms with van der Waals surface area (Å²) >= 11 is 14.4. The van der Waals surface area contributed by atoms with Crippen LogP contribution in [-0.2, 0) is 14.4 Å². The van der Waals surface area contributed by atoms with Crippen LogP contribution in [0.3, 0.4) is 0 Å². The Labute approximate surface area is 125 Å². The molecule has 0 aliphatic heterocycles. The largest absolute Gasteiger partial charge is 0.490 e. The summed E-state index contributed by atoms with van der Waals surface area (Å²) < 4.78 is 61.3. The van der Waals surface area contributed by atoms with Gasteiger partial charge < -0.3 is 15.3 Å². The van der Waals surface area contributed by atoms with Gasteiger partial charge in [-0.2, -0.15) is 26.3 Å². The Bertz CT molecular complexity index is 316. The molecule has 0 saturated heterocycles. The summed E-state index contributed by atoms with van der Waals surface area (Å²) in [5.41, 5.74) is 0. The molecule has 0 aliphatic rings. The van der Waals surface area contributed by atoms with Crippen molar-refractivity contribution in [2.75, 3.05) is 0 Å². The number of hydrogen-bond donors (Lipinski definition) is 3. The number of carbonyl (C=O) groups is 3. The van der Waals surface area contributed by atoms with Crippen LogP contribution in [0.2, 0.25) is 0 Å². The quantitative estimate of drug-likeness (QED) is 0.432. The molecule has 0 aromatic carbocycles. The molecule has 0 aromatic heterocycles. The zero-order valence-electron chi connectivity index (χ0n) is 8.97. The molecule has 21 heavy (non-hydrogen) atoms. The third-order valence-corrected chi connectivity index (χ3v) is 1.21. The van der Waals surface area contributed by atoms with Gasteiger partial charge in [0.25, 0.3) is 3.79 Å². The maximum absolute atomic E-state index is 10.6. The first-order valence-corrected chi connectivity index (χ1v) is 4.87. The van der Waals surface area contributed by atoms with Crippen molar-refractivity contribution in [3.05, 3.63) is 0 Å². The molecule has 0 heterocycles. The standard InChI is InChI=1S/C2HCl3O2.2C2HF3O2/c3*3-2(4,5)1(6)7/h3*(H,6,7). The van der Waals surface area contributed by atoms with Crippen molar-refractivity contribution >= 4 is 52.7 Å². The van der Waals surface area contributed by atoms with E-state index in [-0.39, 0.29) is 0 Å². The molecule has 0 aliphatic carbocycles. The molecule has 0 amide bonds. The molecule has 0 unspecified atom stereocenters. The Kier molecular flexibility index (Phi) is 10.6. The highest BCUT2D eigenvalue weighted by Gasteiger charge is 2.38. The highest BCUT2D eigenvalue weighted by molar-refractivity contribution is 6.75. The maximum atomic E-state index is 10.6. The van der Waals surface area contributed by atoms with Crippen molar-refractivity contribution in [2.24, 2.45) is 0 Å². The lowest BCUT2D eigenvalue weighted by Gasteiger charge is -1.99. The van der Waals surface area contributed by atoms with E-state index in [0.717, 1.165) is 0 Å². The van der Waals surface area contributed by atoms with Gasteiger partial charge in [0.15, 0.2) is 0 Å². The van der Waals surface area contributed by atoms with Crippen LogP contribution >= 0.6 is 34.8 Å².